The summed E-state index contributed by atoms with van der Waals surface area (Å²) in [7, 11) is 1.55. The predicted molar refractivity (Wildman–Crippen MR) is 82.3 cm³/mol. The number of nitrogens with one attached hydrogen (secondary N) is 1. The Bertz CT molecular complexity index is 622. The maximum absolute atomic E-state index is 12.2. The molecule has 1 atom stereocenters. The molecule has 3 N–H and O–H groups in total. The second kappa shape index (κ2) is 5.96. The van der Waals surface area contributed by atoms with Crippen LogP contribution in [0.25, 0.3) is 0 Å². The molecular formula is C15H18N2O2S. The molecule has 106 valence electrons. The van der Waals surface area contributed by atoms with Crippen LogP contribution >= 0.6 is 11.3 Å². The van der Waals surface area contributed by atoms with Crippen LogP contribution in [0.5, 0.6) is 5.75 Å². The second-order valence-corrected chi connectivity index (χ2v) is 5.92. The Morgan fingerprint density at radius 2 is 2.10 bits per heavy atom. The van der Waals surface area contributed by atoms with Crippen LogP contribution in [0, 0.1) is 6.92 Å². The summed E-state index contributed by atoms with van der Waals surface area (Å²) in [5.74, 6) is 0.432. The Labute approximate surface area is 122 Å². The molecule has 0 fully saturated rings. The van der Waals surface area contributed by atoms with E-state index in [4.69, 9.17) is 10.5 Å². The van der Waals surface area contributed by atoms with Gasteiger partial charge in [0.05, 0.1) is 18.8 Å². The number of nitrogen functional groups attached to an aromatic ring is 1. The average molecular weight is 290 g/mol. The van der Waals surface area contributed by atoms with Gasteiger partial charge >= 0.3 is 0 Å². The van der Waals surface area contributed by atoms with Crippen molar-refractivity contribution in [3.05, 3.63) is 45.6 Å². The fraction of sp³-hybridized carbons (Fsp3) is 0.267. The summed E-state index contributed by atoms with van der Waals surface area (Å²) in [5.41, 5.74) is 6.80. The Kier molecular flexibility index (Phi) is 4.29. The third kappa shape index (κ3) is 3.11. The lowest BCUT2D eigenvalue weighted by Gasteiger charge is -2.13. The molecular weight excluding hydrogens is 272 g/mol. The van der Waals surface area contributed by atoms with E-state index in [2.05, 4.69) is 5.32 Å². The van der Waals surface area contributed by atoms with Gasteiger partial charge in [-0.2, -0.15) is 0 Å². The quantitative estimate of drug-likeness (QED) is 0.850. The molecule has 0 aliphatic carbocycles. The number of ether oxygens (including phenoxy) is 1. The Morgan fingerprint density at radius 3 is 2.65 bits per heavy atom. The van der Waals surface area contributed by atoms with Crippen LogP contribution in [0.2, 0.25) is 0 Å². The van der Waals surface area contributed by atoms with Crippen LogP contribution < -0.4 is 15.8 Å². The van der Waals surface area contributed by atoms with Crippen LogP contribution in [0.15, 0.2) is 30.3 Å². The number of nitrogens with two attached hydrogens (primary N) is 1. The van der Waals surface area contributed by atoms with Gasteiger partial charge in [-0.1, -0.05) is 0 Å². The molecule has 1 aromatic heterocycles. The van der Waals surface area contributed by atoms with E-state index in [9.17, 15) is 4.79 Å². The third-order valence-corrected chi connectivity index (χ3v) is 4.21. The van der Waals surface area contributed by atoms with Crippen LogP contribution in [0.3, 0.4) is 0 Å². The summed E-state index contributed by atoms with van der Waals surface area (Å²) < 4.78 is 5.08. The summed E-state index contributed by atoms with van der Waals surface area (Å²) in [4.78, 5) is 14.6. The van der Waals surface area contributed by atoms with Gasteiger partial charge in [0.2, 0.25) is 0 Å². The van der Waals surface area contributed by atoms with Gasteiger partial charge in [0.15, 0.2) is 0 Å². The molecule has 0 aliphatic heterocycles. The zero-order valence-electron chi connectivity index (χ0n) is 11.8. The number of anilines is 1. The van der Waals surface area contributed by atoms with Crippen LogP contribution in [0.4, 0.5) is 5.69 Å². The van der Waals surface area contributed by atoms with E-state index in [1.165, 1.54) is 4.88 Å². The van der Waals surface area contributed by atoms with Gasteiger partial charge in [0.1, 0.15) is 5.75 Å². The number of thiophene rings is 1. The number of benzene rings is 1. The summed E-state index contributed by atoms with van der Waals surface area (Å²) in [5, 5.41) is 2.97. The first-order valence-electron chi connectivity index (χ1n) is 6.32. The molecule has 0 saturated carbocycles. The minimum absolute atomic E-state index is 0.0236. The standard InChI is InChI=1S/C15H18N2O2S/c1-9-4-7-14(20-9)10(2)17-15(18)11-5-6-13(19-3)12(16)8-11/h4-8,10H,16H2,1-3H3,(H,17,18). The smallest absolute Gasteiger partial charge is 0.251 e. The first-order valence-corrected chi connectivity index (χ1v) is 7.13. The maximum Gasteiger partial charge on any atom is 0.251 e. The molecule has 1 aromatic carbocycles. The number of carbonyl (C=O) groups is 1. The van der Waals surface area contributed by atoms with E-state index in [1.807, 2.05) is 26.0 Å². The molecule has 1 heterocycles. The van der Waals surface area contributed by atoms with Gasteiger partial charge in [-0.15, -0.1) is 11.3 Å². The van der Waals surface area contributed by atoms with Gasteiger partial charge in [-0.05, 0) is 44.2 Å². The molecule has 0 bridgehead atoms. The summed E-state index contributed by atoms with van der Waals surface area (Å²) >= 11 is 1.68. The van der Waals surface area contributed by atoms with Crippen molar-refractivity contribution in [1.82, 2.24) is 5.32 Å². The lowest BCUT2D eigenvalue weighted by Crippen LogP contribution is -2.26. The van der Waals surface area contributed by atoms with Crippen LogP contribution in [-0.4, -0.2) is 13.0 Å². The molecule has 20 heavy (non-hydrogen) atoms. The van der Waals surface area contributed by atoms with Crippen LogP contribution in [0.1, 0.15) is 33.1 Å². The highest BCUT2D eigenvalue weighted by molar-refractivity contribution is 7.12. The number of aryl methyl sites for hydroxylation is 1. The Morgan fingerprint density at radius 1 is 1.35 bits per heavy atom. The molecule has 2 rings (SSSR count). The third-order valence-electron chi connectivity index (χ3n) is 3.03. The molecule has 1 amide bonds. The molecule has 2 aromatic rings. The SMILES string of the molecule is COc1ccc(C(=O)NC(C)c2ccc(C)s2)cc1N. The average Bonchev–Trinajstić information content (AvgIpc) is 2.85. The van der Waals surface area contributed by atoms with Crippen molar-refractivity contribution in [1.29, 1.82) is 0 Å². The number of hydrogen-bond donors (Lipinski definition) is 2. The summed E-state index contributed by atoms with van der Waals surface area (Å²) in [6, 6.07) is 9.09. The normalized spacial score (nSPS) is 11.9. The van der Waals surface area contributed by atoms with Gasteiger partial charge in [-0.25, -0.2) is 0 Å². The number of carbonyl (C=O) groups excluding carboxylic acids is 1. The number of amides is 1. The predicted octanol–water partition coefficient (Wildman–Crippen LogP) is 3.14. The van der Waals surface area contributed by atoms with Gasteiger partial charge in [-0.3, -0.25) is 4.79 Å². The maximum atomic E-state index is 12.2. The second-order valence-electron chi connectivity index (χ2n) is 4.60. The number of methoxy groups -OCH3 is 1. The van der Waals surface area contributed by atoms with E-state index in [-0.39, 0.29) is 11.9 Å². The largest absolute Gasteiger partial charge is 0.495 e. The lowest BCUT2D eigenvalue weighted by atomic mass is 10.1. The highest BCUT2D eigenvalue weighted by Gasteiger charge is 2.14. The first-order chi connectivity index (χ1) is 9.51. The zero-order chi connectivity index (χ0) is 14.7. The number of hydrogen-bond acceptors (Lipinski definition) is 4. The van der Waals surface area contributed by atoms with Gasteiger partial charge in [0.25, 0.3) is 5.91 Å². The van der Waals surface area contributed by atoms with E-state index < -0.39 is 0 Å². The molecule has 0 aliphatic rings. The van der Waals surface area contributed by atoms with Gasteiger partial charge in [0, 0.05) is 15.3 Å². The van der Waals surface area contributed by atoms with E-state index >= 15 is 0 Å². The summed E-state index contributed by atoms with van der Waals surface area (Å²) in [6.45, 7) is 4.02. The topological polar surface area (TPSA) is 64.3 Å². The fourth-order valence-corrected chi connectivity index (χ4v) is 2.79. The van der Waals surface area contributed by atoms with E-state index in [0.29, 0.717) is 17.0 Å². The van der Waals surface area contributed by atoms with E-state index in [0.717, 1.165) is 4.88 Å². The fourth-order valence-electron chi connectivity index (χ4n) is 1.91. The highest BCUT2D eigenvalue weighted by Crippen LogP contribution is 2.24. The van der Waals surface area contributed by atoms with Crippen molar-refractivity contribution in [3.63, 3.8) is 0 Å². The molecule has 5 heteroatoms. The monoisotopic (exact) mass is 290 g/mol. The van der Waals surface area contributed by atoms with Crippen LogP contribution in [-0.2, 0) is 0 Å². The van der Waals surface area contributed by atoms with E-state index in [1.54, 1.807) is 36.6 Å². The Hall–Kier alpha value is -2.01. The van der Waals surface area contributed by atoms with Crippen molar-refractivity contribution in [2.24, 2.45) is 0 Å². The van der Waals surface area contributed by atoms with Gasteiger partial charge < -0.3 is 15.8 Å². The van der Waals surface area contributed by atoms with Crippen molar-refractivity contribution < 1.29 is 9.53 Å². The Balaban J connectivity index is 2.10. The minimum atomic E-state index is -0.141. The molecule has 0 saturated heterocycles. The van der Waals surface area contributed by atoms with Crippen molar-refractivity contribution in [3.8, 4) is 5.75 Å². The molecule has 0 radical (unpaired) electrons. The minimum Gasteiger partial charge on any atom is -0.495 e. The number of rotatable bonds is 4. The highest BCUT2D eigenvalue weighted by atomic mass is 32.1. The summed E-state index contributed by atoms with van der Waals surface area (Å²) in [6.07, 6.45) is 0. The van der Waals surface area contributed by atoms with Crippen molar-refractivity contribution in [2.45, 2.75) is 19.9 Å². The van der Waals surface area contributed by atoms with Crippen molar-refractivity contribution >= 4 is 22.9 Å². The molecule has 1 unspecified atom stereocenters. The zero-order valence-corrected chi connectivity index (χ0v) is 12.6. The molecule has 0 spiro atoms. The first kappa shape index (κ1) is 14.4. The molecule has 4 nitrogen and oxygen atoms in total. The lowest BCUT2D eigenvalue weighted by molar-refractivity contribution is 0.0940. The van der Waals surface area contributed by atoms with Crippen molar-refractivity contribution in [2.75, 3.05) is 12.8 Å².